The molecule has 0 amide bonds. The Hall–Kier alpha value is -0.820. The Morgan fingerprint density at radius 2 is 1.78 bits per heavy atom. The summed E-state index contributed by atoms with van der Waals surface area (Å²) in [6.45, 7) is 10.3. The molecule has 0 aliphatic rings. The minimum atomic E-state index is 0.416. The van der Waals surface area contributed by atoms with Gasteiger partial charge in [-0.3, -0.25) is 0 Å². The van der Waals surface area contributed by atoms with E-state index in [0.29, 0.717) is 11.5 Å². The quantitative estimate of drug-likeness (QED) is 0.719. The SMILES string of the molecule is CCCCC(NCCC(C)(C)C)c1ccccc1. The summed E-state index contributed by atoms with van der Waals surface area (Å²) >= 11 is 0. The molecule has 0 bridgehead atoms. The lowest BCUT2D eigenvalue weighted by Crippen LogP contribution is -2.25. The standard InChI is InChI=1S/C17H29N/c1-5-6-12-16(15-10-8-7-9-11-15)18-14-13-17(2,3)4/h7-11,16,18H,5-6,12-14H2,1-4H3. The number of unbranched alkanes of at least 4 members (excludes halogenated alkanes) is 1. The third-order valence-electron chi connectivity index (χ3n) is 3.31. The van der Waals surface area contributed by atoms with Crippen LogP contribution in [-0.2, 0) is 0 Å². The van der Waals surface area contributed by atoms with E-state index >= 15 is 0 Å². The predicted molar refractivity (Wildman–Crippen MR) is 80.8 cm³/mol. The highest BCUT2D eigenvalue weighted by molar-refractivity contribution is 5.18. The topological polar surface area (TPSA) is 12.0 Å². The minimum absolute atomic E-state index is 0.416. The number of benzene rings is 1. The van der Waals surface area contributed by atoms with Crippen LogP contribution in [0.3, 0.4) is 0 Å². The van der Waals surface area contributed by atoms with Gasteiger partial charge in [0.05, 0.1) is 0 Å². The van der Waals surface area contributed by atoms with Crippen LogP contribution in [0.1, 0.15) is 65.0 Å². The smallest absolute Gasteiger partial charge is 0.0320 e. The van der Waals surface area contributed by atoms with Crippen LogP contribution in [-0.4, -0.2) is 6.54 Å². The predicted octanol–water partition coefficient (Wildman–Crippen LogP) is 4.94. The third kappa shape index (κ3) is 6.20. The fourth-order valence-electron chi connectivity index (χ4n) is 2.10. The highest BCUT2D eigenvalue weighted by Gasteiger charge is 2.13. The highest BCUT2D eigenvalue weighted by Crippen LogP contribution is 2.21. The Morgan fingerprint density at radius 3 is 2.33 bits per heavy atom. The Balaban J connectivity index is 2.51. The summed E-state index contributed by atoms with van der Waals surface area (Å²) in [4.78, 5) is 0. The largest absolute Gasteiger partial charge is 0.310 e. The zero-order valence-electron chi connectivity index (χ0n) is 12.5. The normalized spacial score (nSPS) is 13.6. The van der Waals surface area contributed by atoms with Gasteiger partial charge < -0.3 is 5.32 Å². The van der Waals surface area contributed by atoms with E-state index in [1.54, 1.807) is 0 Å². The summed E-state index contributed by atoms with van der Waals surface area (Å²) in [7, 11) is 0. The monoisotopic (exact) mass is 247 g/mol. The molecular weight excluding hydrogens is 218 g/mol. The van der Waals surface area contributed by atoms with Crippen LogP contribution in [0, 0.1) is 5.41 Å². The first-order chi connectivity index (χ1) is 8.53. The zero-order valence-corrected chi connectivity index (χ0v) is 12.5. The van der Waals surface area contributed by atoms with Crippen LogP contribution in [0.2, 0.25) is 0 Å². The van der Waals surface area contributed by atoms with E-state index in [9.17, 15) is 0 Å². The van der Waals surface area contributed by atoms with Crippen molar-refractivity contribution in [3.05, 3.63) is 35.9 Å². The van der Waals surface area contributed by atoms with E-state index in [2.05, 4.69) is 63.3 Å². The van der Waals surface area contributed by atoms with Gasteiger partial charge in [-0.2, -0.15) is 0 Å². The molecule has 0 spiro atoms. The van der Waals surface area contributed by atoms with Crippen LogP contribution < -0.4 is 5.32 Å². The van der Waals surface area contributed by atoms with Crippen molar-refractivity contribution >= 4 is 0 Å². The van der Waals surface area contributed by atoms with Gasteiger partial charge in [-0.05, 0) is 30.4 Å². The molecule has 1 aromatic carbocycles. The molecule has 0 fully saturated rings. The van der Waals surface area contributed by atoms with E-state index in [-0.39, 0.29) is 0 Å². The van der Waals surface area contributed by atoms with Gasteiger partial charge in [-0.15, -0.1) is 0 Å². The number of hydrogen-bond donors (Lipinski definition) is 1. The second-order valence-corrected chi connectivity index (χ2v) is 6.37. The summed E-state index contributed by atoms with van der Waals surface area (Å²) in [5, 5.41) is 3.73. The average Bonchev–Trinajstić information content (AvgIpc) is 2.33. The number of nitrogens with one attached hydrogen (secondary N) is 1. The van der Waals surface area contributed by atoms with Crippen LogP contribution in [0.25, 0.3) is 0 Å². The zero-order chi connectivity index (χ0) is 13.4. The van der Waals surface area contributed by atoms with Gasteiger partial charge in [0.1, 0.15) is 0 Å². The lowest BCUT2D eigenvalue weighted by molar-refractivity contribution is 0.349. The molecule has 0 heterocycles. The molecule has 1 heteroatoms. The molecule has 102 valence electrons. The molecular formula is C17H29N. The average molecular weight is 247 g/mol. The van der Waals surface area contributed by atoms with Crippen molar-refractivity contribution < 1.29 is 0 Å². The van der Waals surface area contributed by atoms with Crippen LogP contribution in [0.5, 0.6) is 0 Å². The highest BCUT2D eigenvalue weighted by atomic mass is 14.9. The lowest BCUT2D eigenvalue weighted by Gasteiger charge is -2.23. The minimum Gasteiger partial charge on any atom is -0.310 e. The molecule has 1 atom stereocenters. The fraction of sp³-hybridized carbons (Fsp3) is 0.647. The summed E-state index contributed by atoms with van der Waals surface area (Å²) in [6.07, 6.45) is 5.03. The molecule has 1 rings (SSSR count). The van der Waals surface area contributed by atoms with Crippen molar-refractivity contribution in [2.45, 2.75) is 59.4 Å². The maximum absolute atomic E-state index is 3.73. The van der Waals surface area contributed by atoms with E-state index in [4.69, 9.17) is 0 Å². The Labute approximate surface area is 113 Å². The van der Waals surface area contributed by atoms with Gasteiger partial charge in [0.2, 0.25) is 0 Å². The van der Waals surface area contributed by atoms with Gasteiger partial charge in [-0.1, -0.05) is 70.9 Å². The van der Waals surface area contributed by atoms with Crippen molar-refractivity contribution in [1.29, 1.82) is 0 Å². The first-order valence-electron chi connectivity index (χ1n) is 7.31. The molecule has 1 unspecified atom stereocenters. The van der Waals surface area contributed by atoms with Crippen LogP contribution in [0.4, 0.5) is 0 Å². The van der Waals surface area contributed by atoms with Gasteiger partial charge in [0.15, 0.2) is 0 Å². The summed E-state index contributed by atoms with van der Waals surface area (Å²) in [6, 6.07) is 11.4. The molecule has 0 saturated carbocycles. The maximum atomic E-state index is 3.73. The second-order valence-electron chi connectivity index (χ2n) is 6.37. The van der Waals surface area contributed by atoms with Crippen molar-refractivity contribution in [2.24, 2.45) is 5.41 Å². The van der Waals surface area contributed by atoms with Crippen molar-refractivity contribution in [3.8, 4) is 0 Å². The number of hydrogen-bond acceptors (Lipinski definition) is 1. The second kappa shape index (κ2) is 7.58. The number of rotatable bonds is 7. The van der Waals surface area contributed by atoms with Crippen molar-refractivity contribution in [3.63, 3.8) is 0 Å². The van der Waals surface area contributed by atoms with Gasteiger partial charge in [0, 0.05) is 6.04 Å². The molecule has 18 heavy (non-hydrogen) atoms. The third-order valence-corrected chi connectivity index (χ3v) is 3.31. The molecule has 0 aliphatic heterocycles. The van der Waals surface area contributed by atoms with Gasteiger partial charge >= 0.3 is 0 Å². The van der Waals surface area contributed by atoms with E-state index in [1.807, 2.05) is 0 Å². The van der Waals surface area contributed by atoms with Crippen molar-refractivity contribution in [2.75, 3.05) is 6.54 Å². The Morgan fingerprint density at radius 1 is 1.11 bits per heavy atom. The summed E-state index contributed by atoms with van der Waals surface area (Å²) in [5.41, 5.74) is 1.85. The molecule has 0 radical (unpaired) electrons. The first-order valence-corrected chi connectivity index (χ1v) is 7.31. The Kier molecular flexibility index (Phi) is 6.42. The van der Waals surface area contributed by atoms with Gasteiger partial charge in [-0.25, -0.2) is 0 Å². The summed E-state index contributed by atoms with van der Waals surface area (Å²) in [5.74, 6) is 0. The summed E-state index contributed by atoms with van der Waals surface area (Å²) < 4.78 is 0. The van der Waals surface area contributed by atoms with Crippen molar-refractivity contribution in [1.82, 2.24) is 5.32 Å². The molecule has 1 aromatic rings. The fourth-order valence-corrected chi connectivity index (χ4v) is 2.10. The van der Waals surface area contributed by atoms with Gasteiger partial charge in [0.25, 0.3) is 0 Å². The van der Waals surface area contributed by atoms with E-state index in [0.717, 1.165) is 6.54 Å². The molecule has 0 saturated heterocycles. The molecule has 0 aromatic heterocycles. The van der Waals surface area contributed by atoms with Crippen LogP contribution >= 0.6 is 0 Å². The molecule has 0 aliphatic carbocycles. The van der Waals surface area contributed by atoms with Crippen LogP contribution in [0.15, 0.2) is 30.3 Å². The molecule has 1 N–H and O–H groups in total. The maximum Gasteiger partial charge on any atom is 0.0320 e. The van der Waals surface area contributed by atoms with E-state index < -0.39 is 0 Å². The first kappa shape index (κ1) is 15.2. The lowest BCUT2D eigenvalue weighted by atomic mass is 9.92. The van der Waals surface area contributed by atoms with E-state index in [1.165, 1.54) is 31.2 Å². The molecule has 1 nitrogen and oxygen atoms in total. The Bertz CT molecular complexity index is 310.